The summed E-state index contributed by atoms with van der Waals surface area (Å²) in [6.45, 7) is 7.42. The lowest BCUT2D eigenvalue weighted by Crippen LogP contribution is -2.28. The molecule has 0 spiro atoms. The van der Waals surface area contributed by atoms with Crippen LogP contribution in [-0.4, -0.2) is 15.9 Å². The van der Waals surface area contributed by atoms with Crippen molar-refractivity contribution in [2.75, 3.05) is 0 Å². The Labute approximate surface area is 123 Å². The van der Waals surface area contributed by atoms with Crippen LogP contribution in [-0.2, 0) is 11.2 Å². The molecule has 0 fully saturated rings. The van der Waals surface area contributed by atoms with Crippen molar-refractivity contribution in [1.82, 2.24) is 15.3 Å². The van der Waals surface area contributed by atoms with Gasteiger partial charge < -0.3 is 11.1 Å². The first-order valence-electron chi connectivity index (χ1n) is 6.59. The maximum Gasteiger partial charge on any atom is 0.229 e. The van der Waals surface area contributed by atoms with Crippen LogP contribution in [0.5, 0.6) is 0 Å². The van der Waals surface area contributed by atoms with E-state index in [0.29, 0.717) is 5.82 Å². The number of rotatable bonds is 4. The second-order valence-electron chi connectivity index (χ2n) is 4.86. The Kier molecular flexibility index (Phi) is 4.33. The molecule has 0 unspecified atom stereocenters. The molecule has 0 aliphatic carbocycles. The van der Waals surface area contributed by atoms with E-state index in [1.165, 1.54) is 0 Å². The molecule has 0 radical (unpaired) electrons. The quantitative estimate of drug-likeness (QED) is 0.896. The molecule has 21 heavy (non-hydrogen) atoms. The fourth-order valence-corrected chi connectivity index (χ4v) is 2.23. The van der Waals surface area contributed by atoms with E-state index in [9.17, 15) is 4.79 Å². The molecule has 0 saturated carbocycles. The number of nitrogens with one attached hydrogen (secondary N) is 1. The molecule has 1 aromatic carbocycles. The van der Waals surface area contributed by atoms with Crippen LogP contribution in [0.2, 0.25) is 0 Å². The van der Waals surface area contributed by atoms with Gasteiger partial charge in [-0.15, -0.1) is 0 Å². The van der Waals surface area contributed by atoms with Gasteiger partial charge in [0.25, 0.3) is 0 Å². The number of carbonyl (C=O) groups is 1. The zero-order valence-corrected chi connectivity index (χ0v) is 12.2. The number of carbonyl (C=O) groups excluding carboxylic acids is 1. The second kappa shape index (κ2) is 6.17. The van der Waals surface area contributed by atoms with Gasteiger partial charge in [-0.1, -0.05) is 18.7 Å². The van der Waals surface area contributed by atoms with Crippen molar-refractivity contribution in [3.05, 3.63) is 59.7 Å². The molecular formula is C16H18N4O. The molecule has 5 nitrogen and oxygen atoms in total. The van der Waals surface area contributed by atoms with Crippen molar-refractivity contribution in [2.24, 2.45) is 5.73 Å². The maximum atomic E-state index is 11.9. The van der Waals surface area contributed by atoms with Gasteiger partial charge in [-0.2, -0.15) is 0 Å². The van der Waals surface area contributed by atoms with Crippen molar-refractivity contribution in [3.8, 4) is 11.4 Å². The molecule has 0 bridgehead atoms. The monoisotopic (exact) mass is 282 g/mol. The summed E-state index contributed by atoms with van der Waals surface area (Å²) < 4.78 is 0. The average Bonchev–Trinajstić information content (AvgIpc) is 2.43. The molecule has 0 aliphatic heterocycles. The van der Waals surface area contributed by atoms with Gasteiger partial charge in [0.2, 0.25) is 5.91 Å². The summed E-state index contributed by atoms with van der Waals surface area (Å²) in [7, 11) is 0. The number of aromatic nitrogens is 2. The van der Waals surface area contributed by atoms with Gasteiger partial charge in [0.05, 0.1) is 12.2 Å². The number of aryl methyl sites for hydroxylation is 1. The topological polar surface area (TPSA) is 80.9 Å². The summed E-state index contributed by atoms with van der Waals surface area (Å²) in [4.78, 5) is 20.4. The molecule has 3 N–H and O–H groups in total. The van der Waals surface area contributed by atoms with E-state index in [-0.39, 0.29) is 18.1 Å². The fraction of sp³-hybridized carbons (Fsp3) is 0.188. The van der Waals surface area contributed by atoms with Crippen molar-refractivity contribution in [3.63, 3.8) is 0 Å². The summed E-state index contributed by atoms with van der Waals surface area (Å²) in [5, 5.41) is 2.52. The number of benzene rings is 1. The summed E-state index contributed by atoms with van der Waals surface area (Å²) in [5.41, 5.74) is 9.33. The Balaban J connectivity index is 2.38. The van der Waals surface area contributed by atoms with Crippen LogP contribution in [0.15, 0.2) is 43.0 Å². The molecule has 0 aliphatic rings. The number of hydrogen-bond donors (Lipinski definition) is 2. The number of amides is 1. The van der Waals surface area contributed by atoms with Crippen LogP contribution in [0.1, 0.15) is 16.7 Å². The third-order valence-electron chi connectivity index (χ3n) is 3.28. The predicted molar refractivity (Wildman–Crippen MR) is 82.1 cm³/mol. The van der Waals surface area contributed by atoms with Crippen LogP contribution >= 0.6 is 0 Å². The minimum absolute atomic E-state index is 0.151. The van der Waals surface area contributed by atoms with Crippen molar-refractivity contribution in [1.29, 1.82) is 0 Å². The Morgan fingerprint density at radius 3 is 2.57 bits per heavy atom. The molecule has 2 aromatic rings. The van der Waals surface area contributed by atoms with Crippen LogP contribution in [0, 0.1) is 13.8 Å². The number of hydrogen-bond acceptors (Lipinski definition) is 4. The molecule has 108 valence electrons. The molecule has 0 saturated heterocycles. The first kappa shape index (κ1) is 14.7. The zero-order chi connectivity index (χ0) is 15.4. The first-order valence-corrected chi connectivity index (χ1v) is 6.59. The number of nitrogens with two attached hydrogens (primary N) is 1. The van der Waals surface area contributed by atoms with Gasteiger partial charge in [-0.25, -0.2) is 9.97 Å². The van der Waals surface area contributed by atoms with Crippen LogP contribution in [0.25, 0.3) is 11.4 Å². The summed E-state index contributed by atoms with van der Waals surface area (Å²) >= 11 is 0. The highest BCUT2D eigenvalue weighted by Crippen LogP contribution is 2.25. The third-order valence-corrected chi connectivity index (χ3v) is 3.28. The fourth-order valence-electron chi connectivity index (χ4n) is 2.23. The van der Waals surface area contributed by atoms with E-state index in [4.69, 9.17) is 5.73 Å². The van der Waals surface area contributed by atoms with Gasteiger partial charge in [0, 0.05) is 18.0 Å². The van der Waals surface area contributed by atoms with E-state index >= 15 is 0 Å². The SMILES string of the molecule is C=C(N)NC(=O)Cc1c(C)ccc(-c2ncccn2)c1C. The average molecular weight is 282 g/mol. The van der Waals surface area contributed by atoms with Gasteiger partial charge in [-0.05, 0) is 36.6 Å². The number of nitrogens with zero attached hydrogens (tertiary/aromatic N) is 2. The predicted octanol–water partition coefficient (Wildman–Crippen LogP) is 1.85. The van der Waals surface area contributed by atoms with E-state index in [1.807, 2.05) is 26.0 Å². The van der Waals surface area contributed by atoms with Crippen LogP contribution < -0.4 is 11.1 Å². The van der Waals surface area contributed by atoms with Crippen molar-refractivity contribution in [2.45, 2.75) is 20.3 Å². The molecule has 0 atom stereocenters. The lowest BCUT2D eigenvalue weighted by Gasteiger charge is -2.13. The highest BCUT2D eigenvalue weighted by atomic mass is 16.1. The minimum atomic E-state index is -0.181. The van der Waals surface area contributed by atoms with Gasteiger partial charge in [-0.3, -0.25) is 4.79 Å². The molecule has 1 amide bonds. The molecular weight excluding hydrogens is 264 g/mol. The second-order valence-corrected chi connectivity index (χ2v) is 4.86. The third kappa shape index (κ3) is 3.45. The minimum Gasteiger partial charge on any atom is -0.386 e. The smallest absolute Gasteiger partial charge is 0.229 e. The molecule has 1 heterocycles. The Hall–Kier alpha value is -2.69. The van der Waals surface area contributed by atoms with E-state index in [2.05, 4.69) is 21.9 Å². The zero-order valence-electron chi connectivity index (χ0n) is 12.2. The highest BCUT2D eigenvalue weighted by Gasteiger charge is 2.13. The van der Waals surface area contributed by atoms with Crippen molar-refractivity contribution >= 4 is 5.91 Å². The standard InChI is InChI=1S/C16H18N4O/c1-10-5-6-13(16-18-7-4-8-19-16)11(2)14(10)9-15(21)20-12(3)17/h4-8H,3,9,17H2,1-2H3,(H,20,21). The van der Waals surface area contributed by atoms with E-state index < -0.39 is 0 Å². The Morgan fingerprint density at radius 1 is 1.29 bits per heavy atom. The summed E-state index contributed by atoms with van der Waals surface area (Å²) in [6, 6.07) is 5.72. The van der Waals surface area contributed by atoms with Gasteiger partial charge >= 0.3 is 0 Å². The maximum absolute atomic E-state index is 11.9. The Bertz CT molecular complexity index is 680. The molecule has 2 rings (SSSR count). The summed E-state index contributed by atoms with van der Waals surface area (Å²) in [5.74, 6) is 0.623. The lowest BCUT2D eigenvalue weighted by atomic mass is 9.94. The molecule has 5 heteroatoms. The normalized spacial score (nSPS) is 10.2. The van der Waals surface area contributed by atoms with Crippen molar-refractivity contribution < 1.29 is 4.79 Å². The van der Waals surface area contributed by atoms with E-state index in [0.717, 1.165) is 22.3 Å². The largest absolute Gasteiger partial charge is 0.386 e. The van der Waals surface area contributed by atoms with E-state index in [1.54, 1.807) is 18.5 Å². The van der Waals surface area contributed by atoms with Crippen LogP contribution in [0.4, 0.5) is 0 Å². The molecule has 1 aromatic heterocycles. The van der Waals surface area contributed by atoms with Gasteiger partial charge in [0.15, 0.2) is 5.82 Å². The van der Waals surface area contributed by atoms with Gasteiger partial charge in [0.1, 0.15) is 0 Å². The lowest BCUT2D eigenvalue weighted by molar-refractivity contribution is -0.119. The Morgan fingerprint density at radius 2 is 1.95 bits per heavy atom. The summed E-state index contributed by atoms with van der Waals surface area (Å²) in [6.07, 6.45) is 3.65. The first-order chi connectivity index (χ1) is 9.99. The van der Waals surface area contributed by atoms with Crippen LogP contribution in [0.3, 0.4) is 0 Å². The highest BCUT2D eigenvalue weighted by molar-refractivity contribution is 5.81.